The summed E-state index contributed by atoms with van der Waals surface area (Å²) < 4.78 is 14.1. The first-order valence-electron chi connectivity index (χ1n) is 8.79. The quantitative estimate of drug-likeness (QED) is 0.668. The molecule has 2 saturated heterocycles. The molecule has 0 spiro atoms. The standard InChI is InChI=1S/C18H21FN6/c1-9-22-17-15(12-5-11(19)6-13(20-2)16(12)24-17)18(23-9)25-7-10-3-4-21-14(10)8-25/h5-6,10,14,20-21H,3-4,7-8H2,1-2H3,(H,22,23,24). The van der Waals surface area contributed by atoms with Crippen LogP contribution in [0.4, 0.5) is 15.9 Å². The van der Waals surface area contributed by atoms with E-state index in [9.17, 15) is 4.39 Å². The Morgan fingerprint density at radius 1 is 1.28 bits per heavy atom. The van der Waals surface area contributed by atoms with E-state index in [0.29, 0.717) is 12.0 Å². The van der Waals surface area contributed by atoms with Gasteiger partial charge in [-0.05, 0) is 37.9 Å². The minimum atomic E-state index is -0.260. The van der Waals surface area contributed by atoms with Crippen LogP contribution in [0.15, 0.2) is 12.1 Å². The van der Waals surface area contributed by atoms with Crippen LogP contribution in [-0.4, -0.2) is 47.7 Å². The second kappa shape index (κ2) is 5.29. The van der Waals surface area contributed by atoms with Crippen molar-refractivity contribution in [1.29, 1.82) is 0 Å². The Morgan fingerprint density at radius 2 is 2.16 bits per heavy atom. The highest BCUT2D eigenvalue weighted by molar-refractivity contribution is 6.14. The first-order chi connectivity index (χ1) is 12.1. The van der Waals surface area contributed by atoms with Crippen molar-refractivity contribution in [2.45, 2.75) is 19.4 Å². The monoisotopic (exact) mass is 340 g/mol. The van der Waals surface area contributed by atoms with E-state index in [1.165, 1.54) is 12.5 Å². The number of hydrogen-bond donors (Lipinski definition) is 3. The third kappa shape index (κ3) is 2.18. The lowest BCUT2D eigenvalue weighted by Crippen LogP contribution is -2.30. The molecule has 3 N–H and O–H groups in total. The summed E-state index contributed by atoms with van der Waals surface area (Å²) in [6, 6.07) is 3.61. The summed E-state index contributed by atoms with van der Waals surface area (Å²) >= 11 is 0. The van der Waals surface area contributed by atoms with Crippen molar-refractivity contribution in [3.05, 3.63) is 23.8 Å². The van der Waals surface area contributed by atoms with Crippen LogP contribution in [0, 0.1) is 18.7 Å². The number of nitrogens with one attached hydrogen (secondary N) is 3. The van der Waals surface area contributed by atoms with Gasteiger partial charge in [-0.1, -0.05) is 0 Å². The molecule has 25 heavy (non-hydrogen) atoms. The molecule has 2 aromatic heterocycles. The molecule has 2 fully saturated rings. The van der Waals surface area contributed by atoms with Crippen LogP contribution >= 0.6 is 0 Å². The van der Waals surface area contributed by atoms with Crippen LogP contribution in [0.2, 0.25) is 0 Å². The molecule has 0 amide bonds. The minimum absolute atomic E-state index is 0.260. The average molecular weight is 340 g/mol. The number of anilines is 2. The Balaban J connectivity index is 1.75. The summed E-state index contributed by atoms with van der Waals surface area (Å²) in [5, 5.41) is 8.39. The highest BCUT2D eigenvalue weighted by atomic mass is 19.1. The molecule has 130 valence electrons. The van der Waals surface area contributed by atoms with Crippen LogP contribution in [0.3, 0.4) is 0 Å². The Bertz CT molecular complexity index is 969. The molecule has 0 aliphatic carbocycles. The number of benzene rings is 1. The summed E-state index contributed by atoms with van der Waals surface area (Å²) in [7, 11) is 1.80. The van der Waals surface area contributed by atoms with Crippen LogP contribution in [0.1, 0.15) is 12.2 Å². The van der Waals surface area contributed by atoms with Gasteiger partial charge in [0.05, 0.1) is 16.6 Å². The van der Waals surface area contributed by atoms with Gasteiger partial charge in [-0.15, -0.1) is 0 Å². The van der Waals surface area contributed by atoms with Crippen molar-refractivity contribution in [3.8, 4) is 0 Å². The van der Waals surface area contributed by atoms with Crippen molar-refractivity contribution >= 4 is 33.4 Å². The number of fused-ring (bicyclic) bond motifs is 4. The van der Waals surface area contributed by atoms with Crippen LogP contribution in [0.25, 0.3) is 21.9 Å². The predicted molar refractivity (Wildman–Crippen MR) is 97.7 cm³/mol. The molecule has 2 atom stereocenters. The molecular weight excluding hydrogens is 319 g/mol. The third-order valence-corrected chi connectivity index (χ3v) is 5.55. The maximum Gasteiger partial charge on any atom is 0.144 e. The summed E-state index contributed by atoms with van der Waals surface area (Å²) in [6.45, 7) is 4.94. The second-order valence-corrected chi connectivity index (χ2v) is 7.08. The largest absolute Gasteiger partial charge is 0.386 e. The topological polar surface area (TPSA) is 68.9 Å². The van der Waals surface area contributed by atoms with E-state index in [-0.39, 0.29) is 5.82 Å². The van der Waals surface area contributed by atoms with E-state index in [1.54, 1.807) is 13.1 Å². The molecule has 4 heterocycles. The number of rotatable bonds is 2. The molecule has 2 aliphatic heterocycles. The molecule has 1 aromatic carbocycles. The highest BCUT2D eigenvalue weighted by Gasteiger charge is 2.37. The first kappa shape index (κ1) is 14.9. The first-order valence-corrected chi connectivity index (χ1v) is 8.79. The summed E-state index contributed by atoms with van der Waals surface area (Å²) in [4.78, 5) is 15.0. The molecule has 0 radical (unpaired) electrons. The Hall–Kier alpha value is -2.41. The van der Waals surface area contributed by atoms with E-state index in [2.05, 4.69) is 25.5 Å². The summed E-state index contributed by atoms with van der Waals surface area (Å²) in [6.07, 6.45) is 1.21. The van der Waals surface area contributed by atoms with Gasteiger partial charge in [0.1, 0.15) is 23.1 Å². The van der Waals surface area contributed by atoms with Crippen molar-refractivity contribution in [1.82, 2.24) is 20.3 Å². The SMILES string of the molecule is CNc1cc(F)cc2c1[nH]c1nc(C)nc(N3CC4CCNC4C3)c12. The van der Waals surface area contributed by atoms with Crippen LogP contribution < -0.4 is 15.5 Å². The summed E-state index contributed by atoms with van der Waals surface area (Å²) in [5.41, 5.74) is 2.37. The number of aromatic nitrogens is 3. The fourth-order valence-corrected chi connectivity index (χ4v) is 4.40. The molecule has 2 unspecified atom stereocenters. The van der Waals surface area contributed by atoms with Crippen LogP contribution in [-0.2, 0) is 0 Å². The van der Waals surface area contributed by atoms with Gasteiger partial charge in [-0.25, -0.2) is 14.4 Å². The molecule has 5 rings (SSSR count). The molecule has 3 aromatic rings. The lowest BCUT2D eigenvalue weighted by Gasteiger charge is -2.20. The average Bonchev–Trinajstić information content (AvgIpc) is 3.25. The van der Waals surface area contributed by atoms with E-state index in [1.807, 2.05) is 6.92 Å². The minimum Gasteiger partial charge on any atom is -0.386 e. The van der Waals surface area contributed by atoms with Gasteiger partial charge >= 0.3 is 0 Å². The van der Waals surface area contributed by atoms with Gasteiger partial charge in [0.2, 0.25) is 0 Å². The number of aryl methyl sites for hydroxylation is 1. The van der Waals surface area contributed by atoms with E-state index in [0.717, 1.165) is 58.9 Å². The molecule has 0 bridgehead atoms. The second-order valence-electron chi connectivity index (χ2n) is 7.08. The molecule has 6 nitrogen and oxygen atoms in total. The van der Waals surface area contributed by atoms with Gasteiger partial charge in [-0.2, -0.15) is 0 Å². The fourth-order valence-electron chi connectivity index (χ4n) is 4.40. The number of halogens is 1. The van der Waals surface area contributed by atoms with E-state index in [4.69, 9.17) is 4.98 Å². The maximum absolute atomic E-state index is 14.1. The highest BCUT2D eigenvalue weighted by Crippen LogP contribution is 2.38. The van der Waals surface area contributed by atoms with Crippen LogP contribution in [0.5, 0.6) is 0 Å². The smallest absolute Gasteiger partial charge is 0.144 e. The summed E-state index contributed by atoms with van der Waals surface area (Å²) in [5.74, 6) is 2.05. The van der Waals surface area contributed by atoms with Crippen molar-refractivity contribution in [3.63, 3.8) is 0 Å². The lowest BCUT2D eigenvalue weighted by molar-refractivity contribution is 0.556. The maximum atomic E-state index is 14.1. The number of hydrogen-bond acceptors (Lipinski definition) is 5. The van der Waals surface area contributed by atoms with Gasteiger partial charge in [0.25, 0.3) is 0 Å². The molecule has 2 aliphatic rings. The molecular formula is C18H21FN6. The van der Waals surface area contributed by atoms with Gasteiger partial charge in [0, 0.05) is 31.6 Å². The number of aromatic amines is 1. The normalized spacial score (nSPS) is 22.9. The lowest BCUT2D eigenvalue weighted by atomic mass is 10.1. The van der Waals surface area contributed by atoms with Crippen molar-refractivity contribution in [2.24, 2.45) is 5.92 Å². The Kier molecular flexibility index (Phi) is 3.15. The zero-order chi connectivity index (χ0) is 17.1. The Morgan fingerprint density at radius 3 is 2.96 bits per heavy atom. The van der Waals surface area contributed by atoms with Gasteiger partial charge in [0.15, 0.2) is 0 Å². The van der Waals surface area contributed by atoms with Crippen molar-refractivity contribution in [2.75, 3.05) is 36.9 Å². The predicted octanol–water partition coefficient (Wildman–Crippen LogP) is 2.40. The van der Waals surface area contributed by atoms with Crippen molar-refractivity contribution < 1.29 is 4.39 Å². The van der Waals surface area contributed by atoms with Gasteiger partial charge in [-0.3, -0.25) is 0 Å². The zero-order valence-electron chi connectivity index (χ0n) is 14.4. The molecule has 0 saturated carbocycles. The van der Waals surface area contributed by atoms with Gasteiger partial charge < -0.3 is 20.5 Å². The van der Waals surface area contributed by atoms with E-state index >= 15 is 0 Å². The zero-order valence-corrected chi connectivity index (χ0v) is 14.4. The Labute approximate surface area is 144 Å². The van der Waals surface area contributed by atoms with E-state index < -0.39 is 0 Å². The molecule has 7 heteroatoms. The number of nitrogens with zero attached hydrogens (tertiary/aromatic N) is 3. The third-order valence-electron chi connectivity index (χ3n) is 5.55. The number of H-pyrrole nitrogens is 1. The fraction of sp³-hybridized carbons (Fsp3) is 0.444.